The van der Waals surface area contributed by atoms with Crippen LogP contribution in [0, 0.1) is 0 Å². The highest BCUT2D eigenvalue weighted by molar-refractivity contribution is 5.29. The van der Waals surface area contributed by atoms with Gasteiger partial charge in [-0.25, -0.2) is 0 Å². The Kier molecular flexibility index (Phi) is 6.32. The number of hydrogen-bond acceptors (Lipinski definition) is 3. The van der Waals surface area contributed by atoms with E-state index >= 15 is 0 Å². The molecule has 3 nitrogen and oxygen atoms in total. The Morgan fingerprint density at radius 2 is 1.63 bits per heavy atom. The van der Waals surface area contributed by atoms with Crippen molar-refractivity contribution in [1.82, 2.24) is 5.32 Å². The molecule has 0 saturated carbocycles. The first-order chi connectivity index (χ1) is 8.88. The molecule has 0 aromatic heterocycles. The molecule has 1 aromatic carbocycles. The molecule has 3 heteroatoms. The topological polar surface area (TPSA) is 41.5 Å². The summed E-state index contributed by atoms with van der Waals surface area (Å²) in [6.45, 7) is 10.1. The lowest BCUT2D eigenvalue weighted by atomic mass is 10.1. The molecule has 0 heterocycles. The first-order valence-electron chi connectivity index (χ1n) is 7.09. The lowest BCUT2D eigenvalue weighted by Gasteiger charge is -2.21. The number of rotatable bonds is 7. The second-order valence-electron chi connectivity index (χ2n) is 5.61. The van der Waals surface area contributed by atoms with E-state index in [2.05, 4.69) is 31.3 Å². The lowest BCUT2D eigenvalue weighted by Crippen LogP contribution is -2.31. The van der Waals surface area contributed by atoms with Crippen LogP contribution in [-0.2, 0) is 0 Å². The van der Waals surface area contributed by atoms with Gasteiger partial charge in [0.1, 0.15) is 5.75 Å². The molecule has 2 N–H and O–H groups in total. The fourth-order valence-electron chi connectivity index (χ4n) is 2.21. The summed E-state index contributed by atoms with van der Waals surface area (Å²) < 4.78 is 5.63. The molecule has 3 unspecified atom stereocenters. The number of ether oxygens (including phenoxy) is 1. The van der Waals surface area contributed by atoms with Gasteiger partial charge < -0.3 is 15.2 Å². The quantitative estimate of drug-likeness (QED) is 0.795. The molecule has 0 aliphatic heterocycles. The van der Waals surface area contributed by atoms with Crippen LogP contribution < -0.4 is 10.1 Å². The highest BCUT2D eigenvalue weighted by atomic mass is 16.5. The Morgan fingerprint density at radius 3 is 2.11 bits per heavy atom. The van der Waals surface area contributed by atoms with Gasteiger partial charge in [-0.2, -0.15) is 0 Å². The maximum Gasteiger partial charge on any atom is 0.119 e. The zero-order valence-corrected chi connectivity index (χ0v) is 12.7. The maximum atomic E-state index is 9.37. The largest absolute Gasteiger partial charge is 0.491 e. The molecule has 0 saturated heterocycles. The van der Waals surface area contributed by atoms with Crippen molar-refractivity contribution in [3.8, 4) is 5.75 Å². The summed E-state index contributed by atoms with van der Waals surface area (Å²) in [7, 11) is 0. The summed E-state index contributed by atoms with van der Waals surface area (Å²) in [6.07, 6.45) is 0.697. The van der Waals surface area contributed by atoms with Gasteiger partial charge in [0.05, 0.1) is 12.2 Å². The minimum atomic E-state index is -0.267. The van der Waals surface area contributed by atoms with E-state index in [1.807, 2.05) is 32.9 Å². The molecule has 0 amide bonds. The van der Waals surface area contributed by atoms with Crippen molar-refractivity contribution >= 4 is 0 Å². The minimum absolute atomic E-state index is 0.201. The number of hydrogen-bond donors (Lipinski definition) is 2. The molecule has 0 aliphatic carbocycles. The number of aliphatic hydroxyl groups is 1. The highest BCUT2D eigenvalue weighted by Gasteiger charge is 2.11. The summed E-state index contributed by atoms with van der Waals surface area (Å²) in [5, 5.41) is 12.9. The van der Waals surface area contributed by atoms with Crippen molar-refractivity contribution in [3.05, 3.63) is 29.8 Å². The number of benzene rings is 1. The van der Waals surface area contributed by atoms with Crippen molar-refractivity contribution in [2.75, 3.05) is 0 Å². The molecular formula is C16H27NO2. The predicted molar refractivity (Wildman–Crippen MR) is 79.5 cm³/mol. The number of nitrogens with one attached hydrogen (secondary N) is 1. The van der Waals surface area contributed by atoms with Crippen molar-refractivity contribution in [1.29, 1.82) is 0 Å². The van der Waals surface area contributed by atoms with Crippen molar-refractivity contribution < 1.29 is 9.84 Å². The smallest absolute Gasteiger partial charge is 0.119 e. The summed E-state index contributed by atoms with van der Waals surface area (Å²) in [5.41, 5.74) is 1.23. The van der Waals surface area contributed by atoms with Crippen molar-refractivity contribution in [2.24, 2.45) is 0 Å². The minimum Gasteiger partial charge on any atom is -0.491 e. The Hall–Kier alpha value is -1.06. The Morgan fingerprint density at radius 1 is 1.05 bits per heavy atom. The van der Waals surface area contributed by atoms with Crippen LogP contribution in [0.1, 0.15) is 52.6 Å². The number of aliphatic hydroxyl groups excluding tert-OH is 1. The van der Waals surface area contributed by atoms with E-state index < -0.39 is 0 Å². The fraction of sp³-hybridized carbons (Fsp3) is 0.625. The van der Waals surface area contributed by atoms with Gasteiger partial charge in [0.15, 0.2) is 0 Å². The van der Waals surface area contributed by atoms with Crippen LogP contribution in [0.15, 0.2) is 24.3 Å². The summed E-state index contributed by atoms with van der Waals surface area (Å²) >= 11 is 0. The normalized spacial score (nSPS) is 16.2. The predicted octanol–water partition coefficient (Wildman–Crippen LogP) is 3.28. The van der Waals surface area contributed by atoms with Crippen LogP contribution in [0.4, 0.5) is 0 Å². The SMILES string of the molecule is CC(O)CC(C)NC(C)c1ccc(OC(C)C)cc1. The second kappa shape index (κ2) is 7.51. The van der Waals surface area contributed by atoms with Gasteiger partial charge >= 0.3 is 0 Å². The molecule has 0 aliphatic rings. The van der Waals surface area contributed by atoms with Gasteiger partial charge in [0.2, 0.25) is 0 Å². The first kappa shape index (κ1) is 16.0. The third-order valence-corrected chi connectivity index (χ3v) is 2.98. The van der Waals surface area contributed by atoms with E-state index in [4.69, 9.17) is 4.74 Å². The van der Waals surface area contributed by atoms with E-state index in [1.165, 1.54) is 5.56 Å². The third-order valence-electron chi connectivity index (χ3n) is 2.98. The zero-order valence-electron chi connectivity index (χ0n) is 12.7. The lowest BCUT2D eigenvalue weighted by molar-refractivity contribution is 0.168. The molecule has 1 aromatic rings. The van der Waals surface area contributed by atoms with Crippen LogP contribution in [-0.4, -0.2) is 23.4 Å². The van der Waals surface area contributed by atoms with Crippen molar-refractivity contribution in [3.63, 3.8) is 0 Å². The average Bonchev–Trinajstić information content (AvgIpc) is 2.27. The van der Waals surface area contributed by atoms with E-state index in [9.17, 15) is 5.11 Å². The molecule has 3 atom stereocenters. The van der Waals surface area contributed by atoms with E-state index in [-0.39, 0.29) is 18.2 Å². The van der Waals surface area contributed by atoms with Crippen LogP contribution in [0.5, 0.6) is 5.75 Å². The van der Waals surface area contributed by atoms with Crippen LogP contribution in [0.2, 0.25) is 0 Å². The van der Waals surface area contributed by atoms with Gasteiger partial charge in [0.25, 0.3) is 0 Å². The molecule has 108 valence electrons. The van der Waals surface area contributed by atoms with Gasteiger partial charge in [-0.1, -0.05) is 12.1 Å². The maximum absolute atomic E-state index is 9.37. The van der Waals surface area contributed by atoms with Gasteiger partial charge in [0, 0.05) is 12.1 Å². The van der Waals surface area contributed by atoms with Crippen LogP contribution in [0.25, 0.3) is 0 Å². The second-order valence-corrected chi connectivity index (χ2v) is 5.61. The Labute approximate surface area is 117 Å². The van der Waals surface area contributed by atoms with Crippen LogP contribution >= 0.6 is 0 Å². The van der Waals surface area contributed by atoms with Gasteiger partial charge in [-0.3, -0.25) is 0 Å². The average molecular weight is 265 g/mol. The van der Waals surface area contributed by atoms with Crippen LogP contribution in [0.3, 0.4) is 0 Å². The Balaban J connectivity index is 2.55. The Bertz CT molecular complexity index is 360. The van der Waals surface area contributed by atoms with Gasteiger partial charge in [-0.15, -0.1) is 0 Å². The summed E-state index contributed by atoms with van der Waals surface area (Å²) in [5.74, 6) is 0.906. The summed E-state index contributed by atoms with van der Waals surface area (Å²) in [6, 6.07) is 8.75. The molecule has 0 radical (unpaired) electrons. The van der Waals surface area contributed by atoms with Gasteiger partial charge in [-0.05, 0) is 58.7 Å². The standard InChI is InChI=1S/C16H27NO2/c1-11(2)19-16-8-6-15(7-9-16)14(5)17-12(3)10-13(4)18/h6-9,11-14,17-18H,10H2,1-5H3. The molecule has 0 spiro atoms. The van der Waals surface area contributed by atoms with Crippen molar-refractivity contribution in [2.45, 2.75) is 65.3 Å². The molecular weight excluding hydrogens is 238 g/mol. The molecule has 0 fully saturated rings. The zero-order chi connectivity index (χ0) is 14.4. The van der Waals surface area contributed by atoms with E-state index in [0.29, 0.717) is 6.04 Å². The monoisotopic (exact) mass is 265 g/mol. The first-order valence-corrected chi connectivity index (χ1v) is 7.09. The fourth-order valence-corrected chi connectivity index (χ4v) is 2.21. The summed E-state index contributed by atoms with van der Waals surface area (Å²) in [4.78, 5) is 0. The highest BCUT2D eigenvalue weighted by Crippen LogP contribution is 2.19. The molecule has 1 rings (SSSR count). The van der Waals surface area contributed by atoms with E-state index in [1.54, 1.807) is 0 Å². The van der Waals surface area contributed by atoms with E-state index in [0.717, 1.165) is 12.2 Å². The molecule has 19 heavy (non-hydrogen) atoms. The molecule has 0 bridgehead atoms. The third kappa shape index (κ3) is 6.08.